The highest BCUT2D eigenvalue weighted by Crippen LogP contribution is 2.65. The van der Waals surface area contributed by atoms with E-state index in [4.69, 9.17) is 5.73 Å². The zero-order valence-corrected chi connectivity index (χ0v) is 14.2. The smallest absolute Gasteiger partial charge is 0.0577 e. The zero-order chi connectivity index (χ0) is 15.7. The first kappa shape index (κ1) is 15.4. The molecule has 4 aliphatic rings. The third kappa shape index (κ3) is 1.91. The molecular weight excluding hydrogens is 274 g/mol. The van der Waals surface area contributed by atoms with Crippen LogP contribution in [-0.4, -0.2) is 28.5 Å². The Hall–Kier alpha value is -0.120. The fourth-order valence-corrected chi connectivity index (χ4v) is 7.24. The number of aliphatic hydroxyl groups excluding tert-OH is 2. The lowest BCUT2D eigenvalue weighted by Crippen LogP contribution is -2.59. The summed E-state index contributed by atoms with van der Waals surface area (Å²) in [5.41, 5.74) is 7.04. The van der Waals surface area contributed by atoms with Gasteiger partial charge in [0.1, 0.15) is 0 Å². The van der Waals surface area contributed by atoms with Gasteiger partial charge in [0, 0.05) is 6.04 Å². The Labute approximate surface area is 134 Å². The molecule has 0 amide bonds. The van der Waals surface area contributed by atoms with E-state index < -0.39 is 0 Å². The lowest BCUT2D eigenvalue weighted by Gasteiger charge is -2.62. The van der Waals surface area contributed by atoms with Gasteiger partial charge in [-0.25, -0.2) is 0 Å². The highest BCUT2D eigenvalue weighted by atomic mass is 16.3. The van der Waals surface area contributed by atoms with E-state index >= 15 is 0 Å². The predicted octanol–water partition coefficient (Wildman–Crippen LogP) is 2.69. The first-order chi connectivity index (χ1) is 10.4. The van der Waals surface area contributed by atoms with Crippen molar-refractivity contribution < 1.29 is 10.2 Å². The van der Waals surface area contributed by atoms with Gasteiger partial charge in [-0.2, -0.15) is 0 Å². The number of hydrogen-bond donors (Lipinski definition) is 3. The van der Waals surface area contributed by atoms with Crippen molar-refractivity contribution in [2.75, 3.05) is 0 Å². The normalized spacial score (nSPS) is 61.2. The lowest BCUT2D eigenvalue weighted by molar-refractivity contribution is -0.169. The molecule has 0 aliphatic heterocycles. The second-order valence-electron chi connectivity index (χ2n) is 9.45. The Kier molecular flexibility index (Phi) is 3.46. The van der Waals surface area contributed by atoms with Gasteiger partial charge in [0.15, 0.2) is 0 Å². The minimum Gasteiger partial charge on any atom is -0.393 e. The molecule has 0 unspecified atom stereocenters. The van der Waals surface area contributed by atoms with E-state index in [1.54, 1.807) is 0 Å². The molecule has 0 aromatic carbocycles. The van der Waals surface area contributed by atoms with Gasteiger partial charge in [0.05, 0.1) is 12.2 Å². The van der Waals surface area contributed by atoms with Crippen LogP contribution in [0.25, 0.3) is 0 Å². The molecule has 0 aromatic rings. The minimum absolute atomic E-state index is 0.143. The lowest BCUT2D eigenvalue weighted by atomic mass is 9.44. The third-order valence-electron chi connectivity index (χ3n) is 8.73. The van der Waals surface area contributed by atoms with Crippen LogP contribution >= 0.6 is 0 Å². The molecule has 0 aromatic heterocycles. The number of aliphatic hydroxyl groups is 2. The molecule has 4 fully saturated rings. The van der Waals surface area contributed by atoms with Gasteiger partial charge in [-0.15, -0.1) is 0 Å². The SMILES string of the molecule is C[C@]12CC[C@H](O)C[C@@H]1C[C@H](O)[C@@H]1[C@@H]2CC[C@]2(C)[C@@H](N)CC[C@@H]12. The molecule has 9 atom stereocenters. The summed E-state index contributed by atoms with van der Waals surface area (Å²) in [5, 5.41) is 21.0. The summed E-state index contributed by atoms with van der Waals surface area (Å²) in [6.07, 6.45) is 8.38. The number of hydrogen-bond acceptors (Lipinski definition) is 3. The minimum atomic E-state index is -0.178. The fourth-order valence-electron chi connectivity index (χ4n) is 7.24. The third-order valence-corrected chi connectivity index (χ3v) is 8.73. The molecular formula is C19H33NO2. The summed E-state index contributed by atoms with van der Waals surface area (Å²) in [6, 6.07) is 0.323. The maximum absolute atomic E-state index is 11.0. The summed E-state index contributed by atoms with van der Waals surface area (Å²) in [4.78, 5) is 0. The summed E-state index contributed by atoms with van der Waals surface area (Å²) in [5.74, 6) is 2.20. The molecule has 0 radical (unpaired) electrons. The van der Waals surface area contributed by atoms with Crippen molar-refractivity contribution in [3.05, 3.63) is 0 Å². The topological polar surface area (TPSA) is 66.5 Å². The average molecular weight is 307 g/mol. The van der Waals surface area contributed by atoms with Crippen LogP contribution in [0.4, 0.5) is 0 Å². The van der Waals surface area contributed by atoms with Crippen molar-refractivity contribution in [1.29, 1.82) is 0 Å². The second-order valence-corrected chi connectivity index (χ2v) is 9.45. The van der Waals surface area contributed by atoms with Crippen molar-refractivity contribution in [1.82, 2.24) is 0 Å². The molecule has 4 aliphatic carbocycles. The highest BCUT2D eigenvalue weighted by molar-refractivity contribution is 5.12. The Bertz CT molecular complexity index is 455. The van der Waals surface area contributed by atoms with Crippen molar-refractivity contribution >= 4 is 0 Å². The van der Waals surface area contributed by atoms with Crippen LogP contribution in [0.15, 0.2) is 0 Å². The van der Waals surface area contributed by atoms with E-state index in [-0.39, 0.29) is 17.6 Å². The Morgan fingerprint density at radius 2 is 1.55 bits per heavy atom. The monoisotopic (exact) mass is 307 g/mol. The molecule has 0 spiro atoms. The largest absolute Gasteiger partial charge is 0.393 e. The van der Waals surface area contributed by atoms with E-state index in [2.05, 4.69) is 13.8 Å². The molecule has 4 rings (SSSR count). The van der Waals surface area contributed by atoms with Crippen LogP contribution in [0.5, 0.6) is 0 Å². The maximum Gasteiger partial charge on any atom is 0.0577 e. The molecule has 0 bridgehead atoms. The summed E-state index contributed by atoms with van der Waals surface area (Å²) < 4.78 is 0. The molecule has 0 saturated heterocycles. The van der Waals surface area contributed by atoms with E-state index in [0.29, 0.717) is 35.1 Å². The van der Waals surface area contributed by atoms with Crippen LogP contribution < -0.4 is 5.73 Å². The Morgan fingerprint density at radius 1 is 0.864 bits per heavy atom. The van der Waals surface area contributed by atoms with Gasteiger partial charge in [-0.1, -0.05) is 13.8 Å². The van der Waals surface area contributed by atoms with Gasteiger partial charge in [0.25, 0.3) is 0 Å². The molecule has 126 valence electrons. The van der Waals surface area contributed by atoms with E-state index in [1.165, 1.54) is 19.3 Å². The molecule has 0 heterocycles. The van der Waals surface area contributed by atoms with E-state index in [0.717, 1.165) is 32.1 Å². The van der Waals surface area contributed by atoms with Gasteiger partial charge in [0.2, 0.25) is 0 Å². The summed E-state index contributed by atoms with van der Waals surface area (Å²) in [7, 11) is 0. The van der Waals surface area contributed by atoms with Gasteiger partial charge < -0.3 is 15.9 Å². The Balaban J connectivity index is 1.67. The second kappa shape index (κ2) is 4.94. The zero-order valence-electron chi connectivity index (χ0n) is 14.2. The summed E-state index contributed by atoms with van der Waals surface area (Å²) >= 11 is 0. The van der Waals surface area contributed by atoms with Crippen LogP contribution in [0.3, 0.4) is 0 Å². The van der Waals surface area contributed by atoms with Gasteiger partial charge in [-0.3, -0.25) is 0 Å². The van der Waals surface area contributed by atoms with Gasteiger partial charge in [-0.05, 0) is 85.9 Å². The molecule has 22 heavy (non-hydrogen) atoms. The number of fused-ring (bicyclic) bond motifs is 5. The molecule has 4 N–H and O–H groups in total. The highest BCUT2D eigenvalue weighted by Gasteiger charge is 2.61. The molecule has 3 nitrogen and oxygen atoms in total. The van der Waals surface area contributed by atoms with E-state index in [9.17, 15) is 10.2 Å². The van der Waals surface area contributed by atoms with Crippen LogP contribution in [0.2, 0.25) is 0 Å². The van der Waals surface area contributed by atoms with Crippen molar-refractivity contribution in [3.8, 4) is 0 Å². The first-order valence-corrected chi connectivity index (χ1v) is 9.48. The van der Waals surface area contributed by atoms with Gasteiger partial charge >= 0.3 is 0 Å². The van der Waals surface area contributed by atoms with E-state index in [1.807, 2.05) is 0 Å². The quantitative estimate of drug-likeness (QED) is 0.644. The summed E-state index contributed by atoms with van der Waals surface area (Å²) in [6.45, 7) is 4.85. The molecule has 3 heteroatoms. The number of rotatable bonds is 0. The predicted molar refractivity (Wildman–Crippen MR) is 87.1 cm³/mol. The standard InChI is InChI=1S/C19H33NO2/c1-18-7-5-12(21)9-11(18)10-15(22)17-13-3-4-16(20)19(13,2)8-6-14(17)18/h11-17,21-22H,3-10,20H2,1-2H3/t11-,12+,13+,14+,15+,16+,17+,18+,19+/m1/s1. The molecule has 4 saturated carbocycles. The first-order valence-electron chi connectivity index (χ1n) is 9.48. The van der Waals surface area contributed by atoms with Crippen molar-refractivity contribution in [3.63, 3.8) is 0 Å². The Morgan fingerprint density at radius 3 is 2.32 bits per heavy atom. The fraction of sp³-hybridized carbons (Fsp3) is 1.00. The average Bonchev–Trinajstić information content (AvgIpc) is 2.77. The van der Waals surface area contributed by atoms with Crippen LogP contribution in [-0.2, 0) is 0 Å². The van der Waals surface area contributed by atoms with Crippen molar-refractivity contribution in [2.24, 2.45) is 40.2 Å². The van der Waals surface area contributed by atoms with Crippen molar-refractivity contribution in [2.45, 2.75) is 83.5 Å². The van der Waals surface area contributed by atoms with Crippen LogP contribution in [0.1, 0.15) is 65.2 Å². The van der Waals surface area contributed by atoms with Crippen LogP contribution in [0, 0.1) is 34.5 Å². The number of nitrogens with two attached hydrogens (primary N) is 1. The maximum atomic E-state index is 11.0.